The summed E-state index contributed by atoms with van der Waals surface area (Å²) in [7, 11) is -25.9. The SMILES string of the molecule is C[SiH]1O[SiH](C)O[SiH](CC[SiH2]O[SiH2]O[SiH](CC[Si]2(C)O[SiH](C)O[SiH](C)O[SiH](C)O2)O[SiH2]CC[SiH]2O[SiH](C)O[SiH](C)O[SiH](C)O2)O[SiH](C)O1. The van der Waals surface area contributed by atoms with E-state index in [-0.39, 0.29) is 0 Å². The highest BCUT2D eigenvalue weighted by Gasteiger charge is 2.40. The molecular formula is C16H60O15Si16. The van der Waals surface area contributed by atoms with Gasteiger partial charge in [-0.3, -0.25) is 0 Å². The molecule has 3 heterocycles. The van der Waals surface area contributed by atoms with Gasteiger partial charge in [0.1, 0.15) is 19.5 Å². The van der Waals surface area contributed by atoms with Crippen molar-refractivity contribution in [1.29, 1.82) is 0 Å². The molecule has 0 amide bonds. The van der Waals surface area contributed by atoms with Gasteiger partial charge in [0.15, 0.2) is 0 Å². The van der Waals surface area contributed by atoms with Crippen molar-refractivity contribution in [3.05, 3.63) is 0 Å². The molecule has 7 atom stereocenters. The maximum atomic E-state index is 6.62. The van der Waals surface area contributed by atoms with E-state index in [0.29, 0.717) is 0 Å². The van der Waals surface area contributed by atoms with Crippen LogP contribution in [0.3, 0.4) is 0 Å². The number of rotatable bonds is 15. The Morgan fingerprint density at radius 3 is 1.34 bits per heavy atom. The van der Waals surface area contributed by atoms with Crippen LogP contribution >= 0.6 is 0 Å². The molecule has 278 valence electrons. The molecule has 7 unspecified atom stereocenters. The lowest BCUT2D eigenvalue weighted by Gasteiger charge is -2.37. The van der Waals surface area contributed by atoms with Crippen molar-refractivity contribution in [2.24, 2.45) is 0 Å². The van der Waals surface area contributed by atoms with Gasteiger partial charge in [-0.25, -0.2) is 0 Å². The van der Waals surface area contributed by atoms with Crippen LogP contribution in [0.5, 0.6) is 0 Å². The monoisotopic (exact) mass is 940 g/mol. The Hall–Kier alpha value is 2.87. The zero-order valence-corrected chi connectivity index (χ0v) is 49.0. The first kappa shape index (κ1) is 44.3. The lowest BCUT2D eigenvalue weighted by Crippen LogP contribution is -2.53. The van der Waals surface area contributed by atoms with Crippen LogP contribution in [0.1, 0.15) is 0 Å². The first-order chi connectivity index (χ1) is 22.3. The largest absolute Gasteiger partial charge is 0.446 e. The fraction of sp³-hybridized carbons (Fsp3) is 1.00. The smallest absolute Gasteiger partial charge is 0.316 e. The highest BCUT2D eigenvalue weighted by atomic mass is 28.5. The van der Waals surface area contributed by atoms with E-state index in [9.17, 15) is 0 Å². The maximum absolute atomic E-state index is 6.62. The van der Waals surface area contributed by atoms with Gasteiger partial charge >= 0.3 is 36.4 Å². The second-order valence-corrected chi connectivity index (χ2v) is 48.8. The second kappa shape index (κ2) is 23.6. The molecule has 3 fully saturated rings. The minimum Gasteiger partial charge on any atom is -0.446 e. The van der Waals surface area contributed by atoms with Crippen molar-refractivity contribution in [1.82, 2.24) is 0 Å². The van der Waals surface area contributed by atoms with Crippen LogP contribution in [0.2, 0.25) is 102 Å². The van der Waals surface area contributed by atoms with Crippen molar-refractivity contribution in [2.45, 2.75) is 102 Å². The molecule has 3 rings (SSSR count). The fourth-order valence-electron chi connectivity index (χ4n) is 5.53. The predicted octanol–water partition coefficient (Wildman–Crippen LogP) is -3.33. The van der Waals surface area contributed by atoms with E-state index in [0.717, 1.165) is 36.3 Å². The molecule has 0 aromatic carbocycles. The van der Waals surface area contributed by atoms with Crippen LogP contribution in [-0.4, -0.2) is 149 Å². The van der Waals surface area contributed by atoms with E-state index >= 15 is 0 Å². The molecule has 0 aromatic heterocycles. The Kier molecular flexibility index (Phi) is 22.2. The van der Waals surface area contributed by atoms with Gasteiger partial charge in [0.2, 0.25) is 0 Å². The van der Waals surface area contributed by atoms with E-state index in [1.54, 1.807) is 0 Å². The van der Waals surface area contributed by atoms with Crippen molar-refractivity contribution in [3.8, 4) is 0 Å². The predicted molar refractivity (Wildman–Crippen MR) is 221 cm³/mol. The molecule has 15 nitrogen and oxygen atoms in total. The van der Waals surface area contributed by atoms with Crippen molar-refractivity contribution in [3.63, 3.8) is 0 Å². The highest BCUT2D eigenvalue weighted by Crippen LogP contribution is 2.24. The van der Waals surface area contributed by atoms with Gasteiger partial charge in [-0.05, 0) is 102 Å². The summed E-state index contributed by atoms with van der Waals surface area (Å²) in [6, 6.07) is 5.58. The average Bonchev–Trinajstić information content (AvgIpc) is 2.92. The molecule has 0 N–H and O–H groups in total. The summed E-state index contributed by atoms with van der Waals surface area (Å²) in [5.41, 5.74) is 0. The summed E-state index contributed by atoms with van der Waals surface area (Å²) in [6.45, 7) is 20.8. The maximum Gasteiger partial charge on any atom is 0.316 e. The molecule has 3 aliphatic rings. The normalized spacial score (nSPS) is 41.1. The molecule has 0 spiro atoms. The quantitative estimate of drug-likeness (QED) is 0.120. The molecule has 0 radical (unpaired) electrons. The average molecular weight is 942 g/mol. The second-order valence-electron chi connectivity index (χ2n) is 12.0. The third kappa shape index (κ3) is 19.2. The number of hydrogen-bond acceptors (Lipinski definition) is 15. The Labute approximate surface area is 310 Å². The van der Waals surface area contributed by atoms with Crippen LogP contribution in [0.15, 0.2) is 0 Å². The van der Waals surface area contributed by atoms with E-state index in [1.165, 1.54) is 0 Å². The molecule has 0 aliphatic carbocycles. The molecule has 3 aliphatic heterocycles. The van der Waals surface area contributed by atoms with Crippen molar-refractivity contribution in [2.75, 3.05) is 0 Å². The summed E-state index contributed by atoms with van der Waals surface area (Å²) in [5.74, 6) is 0. The van der Waals surface area contributed by atoms with E-state index in [1.807, 2.05) is 0 Å². The standard InChI is InChI=1S/C16H60O15Si16/c1-35-20-38(4)26-45(27-39(5)21-35)13-11-32-17-34-19-44(15-16-47(10)30-42(8)24-37(3)25-43(9)31-47)18-33-12-14-46-28-40(6)22-36(2)23-41(7)29-46/h35-46H,11-16,32-34H2,1-10H3. The molecule has 0 aromatic rings. The Morgan fingerprint density at radius 1 is 0.511 bits per heavy atom. The van der Waals surface area contributed by atoms with Crippen LogP contribution in [0, 0.1) is 0 Å². The van der Waals surface area contributed by atoms with E-state index < -0.39 is 149 Å². The van der Waals surface area contributed by atoms with E-state index in [2.05, 4.69) is 65.5 Å². The first-order valence-corrected chi connectivity index (χ1v) is 48.0. The van der Waals surface area contributed by atoms with Crippen LogP contribution in [0.4, 0.5) is 0 Å². The molecule has 3 saturated heterocycles. The van der Waals surface area contributed by atoms with Crippen molar-refractivity contribution >= 4 is 149 Å². The van der Waals surface area contributed by atoms with Gasteiger partial charge < -0.3 is 61.7 Å². The van der Waals surface area contributed by atoms with Gasteiger partial charge in [-0.15, -0.1) is 0 Å². The third-order valence-electron chi connectivity index (χ3n) is 7.29. The Bertz CT molecular complexity index is 828. The fourth-order valence-corrected chi connectivity index (χ4v) is 58.2. The lowest BCUT2D eigenvalue weighted by molar-refractivity contribution is 0.274. The summed E-state index contributed by atoms with van der Waals surface area (Å²) in [5, 5.41) is 0. The zero-order chi connectivity index (χ0) is 34.4. The van der Waals surface area contributed by atoms with Gasteiger partial charge in [0.25, 0.3) is 93.6 Å². The molecule has 47 heavy (non-hydrogen) atoms. The van der Waals surface area contributed by atoms with Crippen molar-refractivity contribution < 1.29 is 61.7 Å². The first-order valence-electron chi connectivity index (χ1n) is 17.0. The summed E-state index contributed by atoms with van der Waals surface area (Å²) in [4.78, 5) is 0. The summed E-state index contributed by atoms with van der Waals surface area (Å²) in [6.07, 6.45) is 0. The van der Waals surface area contributed by atoms with Gasteiger partial charge in [0, 0.05) is 0 Å². The molecule has 0 saturated carbocycles. The topological polar surface area (TPSA) is 138 Å². The summed E-state index contributed by atoms with van der Waals surface area (Å²) >= 11 is 0. The zero-order valence-electron chi connectivity index (χ0n) is 29.9. The van der Waals surface area contributed by atoms with Gasteiger partial charge in [-0.1, -0.05) is 0 Å². The molecule has 0 bridgehead atoms. The Balaban J connectivity index is 1.47. The number of hydrogen-bond donors (Lipinski definition) is 0. The molecule has 31 heteroatoms. The van der Waals surface area contributed by atoms with Gasteiger partial charge in [0.05, 0.1) is 0 Å². The minimum atomic E-state index is -2.46. The lowest BCUT2D eigenvalue weighted by atomic mass is 10.9. The van der Waals surface area contributed by atoms with Gasteiger partial charge in [-0.2, -0.15) is 0 Å². The van der Waals surface area contributed by atoms with Crippen LogP contribution in [0.25, 0.3) is 0 Å². The minimum absolute atomic E-state index is 0.723. The Morgan fingerprint density at radius 2 is 0.894 bits per heavy atom. The van der Waals surface area contributed by atoms with Crippen LogP contribution in [-0.2, 0) is 61.7 Å². The van der Waals surface area contributed by atoms with Crippen LogP contribution < -0.4 is 0 Å². The third-order valence-corrected chi connectivity index (χ3v) is 56.9. The molecular weight excluding hydrogens is 882 g/mol. The van der Waals surface area contributed by atoms with E-state index in [4.69, 9.17) is 61.7 Å². The highest BCUT2D eigenvalue weighted by molar-refractivity contribution is 6.82. The summed E-state index contributed by atoms with van der Waals surface area (Å²) < 4.78 is 93.9.